The molecule has 1 aromatic carbocycles. The zero-order valence-corrected chi connectivity index (χ0v) is 14.5. The maximum atomic E-state index is 12.0. The maximum Gasteiger partial charge on any atom is 0.269 e. The van der Waals surface area contributed by atoms with Crippen LogP contribution in [-0.4, -0.2) is 43.2 Å². The fraction of sp³-hybridized carbons (Fsp3) is 0.308. The molecule has 5 nitrogen and oxygen atoms in total. The fourth-order valence-corrected chi connectivity index (χ4v) is 2.60. The average Bonchev–Trinajstić information content (AvgIpc) is 2.34. The van der Waals surface area contributed by atoms with Gasteiger partial charge < -0.3 is 10.2 Å². The molecule has 0 bridgehead atoms. The molecule has 0 aromatic heterocycles. The van der Waals surface area contributed by atoms with Crippen LogP contribution in [0, 0.1) is 0 Å². The highest BCUT2D eigenvalue weighted by Gasteiger charge is 2.16. The van der Waals surface area contributed by atoms with E-state index in [-0.39, 0.29) is 5.91 Å². The van der Waals surface area contributed by atoms with Crippen molar-refractivity contribution in [2.24, 2.45) is 4.99 Å². The van der Waals surface area contributed by atoms with Crippen LogP contribution in [0.4, 0.5) is 0 Å². The van der Waals surface area contributed by atoms with Crippen molar-refractivity contribution < 1.29 is 9.59 Å². The molecule has 1 aromatic rings. The van der Waals surface area contributed by atoms with Gasteiger partial charge in [-0.05, 0) is 25.1 Å². The van der Waals surface area contributed by atoms with E-state index in [9.17, 15) is 9.59 Å². The largest absolute Gasteiger partial charge is 0.369 e. The van der Waals surface area contributed by atoms with Crippen molar-refractivity contribution in [1.29, 1.82) is 0 Å². The van der Waals surface area contributed by atoms with Crippen molar-refractivity contribution in [1.82, 2.24) is 10.2 Å². The Balaban J connectivity index is 2.72. The van der Waals surface area contributed by atoms with Crippen LogP contribution in [0.3, 0.4) is 0 Å². The Morgan fingerprint density at radius 3 is 2.30 bits per heavy atom. The lowest BCUT2D eigenvalue weighted by Crippen LogP contribution is -2.38. The van der Waals surface area contributed by atoms with E-state index in [4.69, 9.17) is 0 Å². The van der Waals surface area contributed by atoms with E-state index in [0.29, 0.717) is 5.56 Å². The van der Waals surface area contributed by atoms with Crippen LogP contribution >= 0.6 is 31.9 Å². The molecule has 0 fully saturated rings. The monoisotopic (exact) mass is 403 g/mol. The summed E-state index contributed by atoms with van der Waals surface area (Å²) in [5.74, 6) is -0.728. The maximum absolute atomic E-state index is 12.0. The van der Waals surface area contributed by atoms with Crippen LogP contribution in [0.2, 0.25) is 0 Å². The van der Waals surface area contributed by atoms with Gasteiger partial charge in [-0.25, -0.2) is 4.99 Å². The molecule has 0 aliphatic rings. The Hall–Kier alpha value is -1.21. The van der Waals surface area contributed by atoms with Gasteiger partial charge in [0.2, 0.25) is 0 Å². The minimum absolute atomic E-state index is 0.326. The second-order valence-electron chi connectivity index (χ2n) is 4.40. The van der Waals surface area contributed by atoms with E-state index in [1.165, 1.54) is 6.34 Å². The van der Waals surface area contributed by atoms with Gasteiger partial charge in [-0.2, -0.15) is 0 Å². The van der Waals surface area contributed by atoms with Crippen LogP contribution in [0.1, 0.15) is 17.3 Å². The summed E-state index contributed by atoms with van der Waals surface area (Å²) in [6.45, 7) is 1.60. The smallest absolute Gasteiger partial charge is 0.269 e. The molecule has 7 heteroatoms. The van der Waals surface area contributed by atoms with E-state index in [0.717, 1.165) is 8.95 Å². The standard InChI is InChI=1S/C13H15Br2N3O2/c1-8(12(19)16-7-18(2)3)17-13(20)9-4-10(14)6-11(15)5-9/h4-8H,1-3H3,(H,17,20)/b16-7+/t8-/m0/s1. The van der Waals surface area contributed by atoms with Crippen molar-refractivity contribution in [3.63, 3.8) is 0 Å². The first kappa shape index (κ1) is 16.8. The summed E-state index contributed by atoms with van der Waals surface area (Å²) in [4.78, 5) is 29.1. The molecule has 0 saturated heterocycles. The van der Waals surface area contributed by atoms with E-state index in [1.807, 2.05) is 6.07 Å². The van der Waals surface area contributed by atoms with Gasteiger partial charge in [-0.1, -0.05) is 31.9 Å². The van der Waals surface area contributed by atoms with Crippen molar-refractivity contribution in [2.45, 2.75) is 13.0 Å². The highest BCUT2D eigenvalue weighted by Crippen LogP contribution is 2.20. The molecular formula is C13H15Br2N3O2. The van der Waals surface area contributed by atoms with Gasteiger partial charge in [0.15, 0.2) is 0 Å². The Kier molecular flexibility index (Phi) is 6.35. The normalized spacial score (nSPS) is 12.2. The SMILES string of the molecule is C[C@H](NC(=O)c1cc(Br)cc(Br)c1)C(=O)/N=C/N(C)C. The number of amides is 2. The van der Waals surface area contributed by atoms with Crippen molar-refractivity contribution in [3.05, 3.63) is 32.7 Å². The topological polar surface area (TPSA) is 61.8 Å². The lowest BCUT2D eigenvalue weighted by atomic mass is 10.2. The molecule has 0 heterocycles. The summed E-state index contributed by atoms with van der Waals surface area (Å²) in [5.41, 5.74) is 0.461. The minimum atomic E-state index is -0.684. The van der Waals surface area contributed by atoms with E-state index >= 15 is 0 Å². The Bertz CT molecular complexity index is 524. The van der Waals surface area contributed by atoms with Crippen LogP contribution < -0.4 is 5.32 Å². The molecule has 0 unspecified atom stereocenters. The van der Waals surface area contributed by atoms with Gasteiger partial charge in [-0.15, -0.1) is 0 Å². The number of benzene rings is 1. The lowest BCUT2D eigenvalue weighted by Gasteiger charge is -2.11. The van der Waals surface area contributed by atoms with Gasteiger partial charge >= 0.3 is 0 Å². The molecule has 2 amide bonds. The van der Waals surface area contributed by atoms with E-state index < -0.39 is 11.9 Å². The summed E-state index contributed by atoms with van der Waals surface area (Å²) in [5, 5.41) is 2.61. The Morgan fingerprint density at radius 2 is 1.80 bits per heavy atom. The number of carbonyl (C=O) groups is 2. The van der Waals surface area contributed by atoms with E-state index in [1.54, 1.807) is 38.1 Å². The summed E-state index contributed by atoms with van der Waals surface area (Å²) < 4.78 is 1.56. The molecule has 1 rings (SSSR count). The second kappa shape index (κ2) is 7.54. The number of nitrogens with zero attached hydrogens (tertiary/aromatic N) is 2. The molecular weight excluding hydrogens is 390 g/mol. The summed E-state index contributed by atoms with van der Waals surface area (Å²) in [6.07, 6.45) is 1.40. The second-order valence-corrected chi connectivity index (χ2v) is 6.23. The van der Waals surface area contributed by atoms with E-state index in [2.05, 4.69) is 42.2 Å². The molecule has 0 radical (unpaired) electrons. The Morgan fingerprint density at radius 1 is 1.25 bits per heavy atom. The number of nitrogens with one attached hydrogen (secondary N) is 1. The predicted molar refractivity (Wildman–Crippen MR) is 86.0 cm³/mol. The van der Waals surface area contributed by atoms with Crippen LogP contribution in [0.25, 0.3) is 0 Å². The lowest BCUT2D eigenvalue weighted by molar-refractivity contribution is -0.119. The quantitative estimate of drug-likeness (QED) is 0.619. The molecule has 0 spiro atoms. The van der Waals surface area contributed by atoms with Crippen LogP contribution in [0.5, 0.6) is 0 Å². The first-order valence-electron chi connectivity index (χ1n) is 5.81. The van der Waals surface area contributed by atoms with Gasteiger partial charge in [0.1, 0.15) is 6.04 Å². The zero-order chi connectivity index (χ0) is 15.3. The average molecular weight is 405 g/mol. The first-order chi connectivity index (χ1) is 9.29. The fourth-order valence-electron chi connectivity index (χ4n) is 1.31. The third-order valence-electron chi connectivity index (χ3n) is 2.26. The summed E-state index contributed by atoms with van der Waals surface area (Å²) in [6, 6.07) is 4.50. The zero-order valence-electron chi connectivity index (χ0n) is 11.4. The third kappa shape index (κ3) is 5.42. The van der Waals surface area contributed by atoms with Crippen molar-refractivity contribution in [3.8, 4) is 0 Å². The molecule has 1 atom stereocenters. The Labute approximate surface area is 134 Å². The van der Waals surface area contributed by atoms with Gasteiger partial charge in [-0.3, -0.25) is 9.59 Å². The minimum Gasteiger partial charge on any atom is -0.369 e. The summed E-state index contributed by atoms with van der Waals surface area (Å²) in [7, 11) is 3.53. The number of hydrogen-bond acceptors (Lipinski definition) is 2. The number of carbonyl (C=O) groups excluding carboxylic acids is 2. The number of hydrogen-bond donors (Lipinski definition) is 1. The molecule has 108 valence electrons. The van der Waals surface area contributed by atoms with Crippen LogP contribution in [0.15, 0.2) is 32.1 Å². The molecule has 1 N–H and O–H groups in total. The van der Waals surface area contributed by atoms with Crippen LogP contribution in [-0.2, 0) is 4.79 Å². The number of aliphatic imine (C=N–C) groups is 1. The highest BCUT2D eigenvalue weighted by atomic mass is 79.9. The van der Waals surface area contributed by atoms with Crippen molar-refractivity contribution >= 4 is 50.0 Å². The molecule has 0 saturated carbocycles. The van der Waals surface area contributed by atoms with Gasteiger partial charge in [0.05, 0.1) is 6.34 Å². The molecule has 20 heavy (non-hydrogen) atoms. The first-order valence-corrected chi connectivity index (χ1v) is 7.39. The molecule has 0 aliphatic heterocycles. The summed E-state index contributed by atoms with van der Waals surface area (Å²) >= 11 is 6.62. The molecule has 0 aliphatic carbocycles. The van der Waals surface area contributed by atoms with Gasteiger partial charge in [0, 0.05) is 28.6 Å². The van der Waals surface area contributed by atoms with Gasteiger partial charge in [0.25, 0.3) is 11.8 Å². The third-order valence-corrected chi connectivity index (χ3v) is 3.17. The number of rotatable bonds is 4. The highest BCUT2D eigenvalue weighted by molar-refractivity contribution is 9.11. The van der Waals surface area contributed by atoms with Crippen molar-refractivity contribution in [2.75, 3.05) is 14.1 Å². The predicted octanol–water partition coefficient (Wildman–Crippen LogP) is 2.45. The number of halogens is 2.